The lowest BCUT2D eigenvalue weighted by Crippen LogP contribution is -2.11. The molecule has 2 rings (SSSR count). The summed E-state index contributed by atoms with van der Waals surface area (Å²) < 4.78 is 25.9. The number of Topliss-reactive ketones (excluding diaryl/α,β-unsaturated/α-hetero) is 1. The summed E-state index contributed by atoms with van der Waals surface area (Å²) in [7, 11) is -2.95. The van der Waals surface area contributed by atoms with Crippen LogP contribution in [0.4, 0.5) is 0 Å². The number of rotatable bonds is 8. The van der Waals surface area contributed by atoms with Crippen LogP contribution < -0.4 is 4.74 Å². The Morgan fingerprint density at radius 1 is 1.36 bits per heavy atom. The van der Waals surface area contributed by atoms with E-state index in [2.05, 4.69) is 9.05 Å². The summed E-state index contributed by atoms with van der Waals surface area (Å²) in [4.78, 5) is 21.2. The van der Waals surface area contributed by atoms with Crippen molar-refractivity contribution < 1.29 is 28.0 Å². The number of carbonyl (C=O) groups is 1. The first-order valence-electron chi connectivity index (χ1n) is 7.33. The molecule has 6 nitrogen and oxygen atoms in total. The summed E-state index contributed by atoms with van der Waals surface area (Å²) in [5, 5.41) is 0. The highest BCUT2D eigenvalue weighted by molar-refractivity contribution is 7.47. The zero-order chi connectivity index (χ0) is 16.0. The predicted octanol–water partition coefficient (Wildman–Crippen LogP) is 3.34. The zero-order valence-corrected chi connectivity index (χ0v) is 13.5. The van der Waals surface area contributed by atoms with Crippen molar-refractivity contribution in [2.75, 3.05) is 13.7 Å². The highest BCUT2D eigenvalue weighted by atomic mass is 31.2. The fourth-order valence-electron chi connectivity index (χ4n) is 2.39. The summed E-state index contributed by atoms with van der Waals surface area (Å²) in [6, 6.07) is 7.00. The summed E-state index contributed by atoms with van der Waals surface area (Å²) in [5.74, 6) is 0.511. The van der Waals surface area contributed by atoms with Crippen LogP contribution in [0.15, 0.2) is 24.3 Å². The first-order valence-corrected chi connectivity index (χ1v) is 8.83. The third kappa shape index (κ3) is 5.21. The van der Waals surface area contributed by atoms with Gasteiger partial charge in [0.2, 0.25) is 0 Å². The molecular formula is C15H21O6P. The largest absolute Gasteiger partial charge is 0.490 e. The fraction of sp³-hybridized carbons (Fsp3) is 0.533. The smallest absolute Gasteiger partial charge is 0.471 e. The second-order valence-corrected chi connectivity index (χ2v) is 6.77. The Labute approximate surface area is 130 Å². The summed E-state index contributed by atoms with van der Waals surface area (Å²) in [6.45, 7) is -0.172. The van der Waals surface area contributed by atoms with Crippen molar-refractivity contribution in [2.24, 2.45) is 0 Å². The van der Waals surface area contributed by atoms with Gasteiger partial charge in [-0.2, -0.15) is 0 Å². The zero-order valence-electron chi connectivity index (χ0n) is 12.6. The maximum Gasteiger partial charge on any atom is 0.471 e. The van der Waals surface area contributed by atoms with Crippen LogP contribution >= 0.6 is 7.82 Å². The number of carbonyl (C=O) groups excluding carboxylic acids is 1. The molecule has 0 spiro atoms. The number of hydrogen-bond acceptors (Lipinski definition) is 5. The molecule has 1 atom stereocenters. The first-order chi connectivity index (χ1) is 10.5. The van der Waals surface area contributed by atoms with Gasteiger partial charge in [-0.05, 0) is 37.8 Å². The van der Waals surface area contributed by atoms with Gasteiger partial charge in [0.05, 0.1) is 12.7 Å². The molecule has 1 aromatic rings. The third-order valence-corrected chi connectivity index (χ3v) is 4.55. The van der Waals surface area contributed by atoms with Gasteiger partial charge in [-0.3, -0.25) is 13.8 Å². The van der Waals surface area contributed by atoms with E-state index >= 15 is 0 Å². The number of ether oxygens (including phenoxy) is 1. The van der Waals surface area contributed by atoms with Crippen molar-refractivity contribution in [1.82, 2.24) is 0 Å². The van der Waals surface area contributed by atoms with E-state index in [4.69, 9.17) is 9.63 Å². The third-order valence-electron chi connectivity index (χ3n) is 3.58. The molecule has 0 amide bonds. The summed E-state index contributed by atoms with van der Waals surface area (Å²) in [6.07, 6.45) is 4.70. The van der Waals surface area contributed by atoms with Crippen molar-refractivity contribution >= 4 is 13.6 Å². The molecule has 1 unspecified atom stereocenters. The molecule has 1 N–H and O–H groups in total. The molecule has 0 bridgehead atoms. The van der Waals surface area contributed by atoms with Crippen LogP contribution in [0, 0.1) is 0 Å². The van der Waals surface area contributed by atoms with Crippen molar-refractivity contribution in [2.45, 2.75) is 38.2 Å². The van der Waals surface area contributed by atoms with Crippen molar-refractivity contribution in [3.63, 3.8) is 0 Å². The van der Waals surface area contributed by atoms with Crippen molar-refractivity contribution in [1.29, 1.82) is 0 Å². The van der Waals surface area contributed by atoms with Crippen LogP contribution in [0.2, 0.25) is 0 Å². The van der Waals surface area contributed by atoms with Gasteiger partial charge in [0.1, 0.15) is 5.75 Å². The summed E-state index contributed by atoms with van der Waals surface area (Å²) in [5.41, 5.74) is 0.504. The van der Waals surface area contributed by atoms with Gasteiger partial charge in [0.25, 0.3) is 0 Å². The Kier molecular flexibility index (Phi) is 6.15. The number of benzene rings is 1. The molecule has 1 saturated carbocycles. The van der Waals surface area contributed by atoms with Crippen LogP contribution in [-0.4, -0.2) is 30.5 Å². The molecule has 0 saturated heterocycles. The Balaban J connectivity index is 1.88. The predicted molar refractivity (Wildman–Crippen MR) is 81.1 cm³/mol. The van der Waals surface area contributed by atoms with E-state index in [9.17, 15) is 9.36 Å². The average molecular weight is 328 g/mol. The lowest BCUT2D eigenvalue weighted by molar-refractivity contribution is 0.0946. The Hall–Kier alpha value is -1.20. The van der Waals surface area contributed by atoms with Gasteiger partial charge >= 0.3 is 7.82 Å². The van der Waals surface area contributed by atoms with Crippen LogP contribution in [0.5, 0.6) is 5.75 Å². The standard InChI is InChI=1S/C15H21O6P/c1-19-22(17,18)20-10-9-15(16)12-5-4-8-14(11-12)21-13-6-2-3-7-13/h4-5,8,11,13H,2-3,6-7,9-10H2,1H3,(H,17,18). The minimum Gasteiger partial charge on any atom is -0.490 e. The molecule has 0 aromatic heterocycles. The maximum atomic E-state index is 12.1. The topological polar surface area (TPSA) is 82.1 Å². The van der Waals surface area contributed by atoms with Gasteiger partial charge in [0, 0.05) is 19.1 Å². The Morgan fingerprint density at radius 3 is 2.77 bits per heavy atom. The Bertz CT molecular complexity index is 553. The second kappa shape index (κ2) is 7.88. The molecular weight excluding hydrogens is 307 g/mol. The van der Waals surface area contributed by atoms with Gasteiger partial charge < -0.3 is 9.63 Å². The SMILES string of the molecule is COP(=O)(O)OCCC(=O)c1cccc(OC2CCCC2)c1. The molecule has 0 heterocycles. The number of ketones is 1. The van der Waals surface area contributed by atoms with Gasteiger partial charge in [0.15, 0.2) is 5.78 Å². The van der Waals surface area contributed by atoms with Crippen LogP contribution in [0.1, 0.15) is 42.5 Å². The molecule has 1 aliphatic carbocycles. The van der Waals surface area contributed by atoms with Crippen molar-refractivity contribution in [3.8, 4) is 5.75 Å². The van der Waals surface area contributed by atoms with E-state index in [1.54, 1.807) is 18.2 Å². The molecule has 1 aliphatic rings. The van der Waals surface area contributed by atoms with Crippen LogP contribution in [0.25, 0.3) is 0 Å². The molecule has 1 fully saturated rings. The molecule has 22 heavy (non-hydrogen) atoms. The summed E-state index contributed by atoms with van der Waals surface area (Å²) >= 11 is 0. The number of hydrogen-bond donors (Lipinski definition) is 1. The molecule has 122 valence electrons. The van der Waals surface area contributed by atoms with Gasteiger partial charge in [-0.25, -0.2) is 4.57 Å². The number of phosphoric ester groups is 1. The van der Waals surface area contributed by atoms with E-state index in [0.29, 0.717) is 11.3 Å². The van der Waals surface area contributed by atoms with E-state index < -0.39 is 7.82 Å². The van der Waals surface area contributed by atoms with Gasteiger partial charge in [-0.15, -0.1) is 0 Å². The maximum absolute atomic E-state index is 12.1. The highest BCUT2D eigenvalue weighted by Gasteiger charge is 2.19. The lowest BCUT2D eigenvalue weighted by Gasteiger charge is -2.13. The van der Waals surface area contributed by atoms with Gasteiger partial charge in [-0.1, -0.05) is 12.1 Å². The minimum atomic E-state index is -4.03. The quantitative estimate of drug-likeness (QED) is 0.582. The number of phosphoric acid groups is 1. The van der Waals surface area contributed by atoms with Crippen molar-refractivity contribution in [3.05, 3.63) is 29.8 Å². The molecule has 1 aromatic carbocycles. The van der Waals surface area contributed by atoms with E-state index in [1.165, 1.54) is 12.8 Å². The highest BCUT2D eigenvalue weighted by Crippen LogP contribution is 2.41. The van der Waals surface area contributed by atoms with Crippen LogP contribution in [-0.2, 0) is 13.6 Å². The average Bonchev–Trinajstić information content (AvgIpc) is 3.00. The monoisotopic (exact) mass is 328 g/mol. The van der Waals surface area contributed by atoms with E-state index in [1.807, 2.05) is 6.07 Å². The molecule has 7 heteroatoms. The fourth-order valence-corrected chi connectivity index (χ4v) is 2.82. The van der Waals surface area contributed by atoms with E-state index in [-0.39, 0.29) is 24.9 Å². The second-order valence-electron chi connectivity index (χ2n) is 5.21. The normalized spacial score (nSPS) is 18.1. The first kappa shape index (κ1) is 17.2. The van der Waals surface area contributed by atoms with Crippen LogP contribution in [0.3, 0.4) is 0 Å². The minimum absolute atomic E-state index is 0.000786. The van der Waals surface area contributed by atoms with E-state index in [0.717, 1.165) is 20.0 Å². The Morgan fingerprint density at radius 2 is 2.09 bits per heavy atom. The lowest BCUT2D eigenvalue weighted by atomic mass is 10.1. The molecule has 0 radical (unpaired) electrons. The molecule has 0 aliphatic heterocycles.